The van der Waals surface area contributed by atoms with Crippen LogP contribution in [0, 0.1) is 16.0 Å². The first-order valence-corrected chi connectivity index (χ1v) is 8.81. The van der Waals surface area contributed by atoms with E-state index in [0.29, 0.717) is 10.9 Å². The molecule has 0 spiro atoms. The minimum absolute atomic E-state index is 0.0493. The van der Waals surface area contributed by atoms with Gasteiger partial charge in [-0.2, -0.15) is 0 Å². The van der Waals surface area contributed by atoms with Crippen LogP contribution in [0.1, 0.15) is 19.8 Å². The summed E-state index contributed by atoms with van der Waals surface area (Å²) in [6, 6.07) is 4.48. The van der Waals surface area contributed by atoms with Gasteiger partial charge in [0.25, 0.3) is 0 Å². The number of para-hydroxylation sites is 1. The predicted molar refractivity (Wildman–Crippen MR) is 82.7 cm³/mol. The molecule has 1 rings (SSSR count). The first kappa shape index (κ1) is 17.9. The number of hydrogen-bond acceptors (Lipinski definition) is 5. The SMILES string of the molecule is CCCC(COc1c(Br)cccc1[N+](=O)[O-])CS(N)(=O)=O. The topological polar surface area (TPSA) is 113 Å². The fourth-order valence-electron chi connectivity index (χ4n) is 1.94. The van der Waals surface area contributed by atoms with Crippen LogP contribution < -0.4 is 9.88 Å². The Kier molecular flexibility index (Phi) is 6.56. The molecule has 0 amide bonds. The summed E-state index contributed by atoms with van der Waals surface area (Å²) in [4.78, 5) is 10.4. The van der Waals surface area contributed by atoms with Gasteiger partial charge in [-0.05, 0) is 28.4 Å². The van der Waals surface area contributed by atoms with Gasteiger partial charge in [-0.15, -0.1) is 0 Å². The van der Waals surface area contributed by atoms with E-state index in [1.165, 1.54) is 12.1 Å². The van der Waals surface area contributed by atoms with Crippen LogP contribution in [0.5, 0.6) is 5.75 Å². The van der Waals surface area contributed by atoms with Crippen LogP contribution in [-0.4, -0.2) is 25.7 Å². The Morgan fingerprint density at radius 1 is 1.48 bits per heavy atom. The maximum absolute atomic E-state index is 11.2. The van der Waals surface area contributed by atoms with E-state index >= 15 is 0 Å². The second-order valence-corrected chi connectivity index (χ2v) is 7.15. The lowest BCUT2D eigenvalue weighted by Crippen LogP contribution is -2.27. The highest BCUT2D eigenvalue weighted by Gasteiger charge is 2.21. The van der Waals surface area contributed by atoms with Crippen LogP contribution in [0.3, 0.4) is 0 Å². The van der Waals surface area contributed by atoms with Crippen LogP contribution in [0.15, 0.2) is 22.7 Å². The molecule has 21 heavy (non-hydrogen) atoms. The van der Waals surface area contributed by atoms with Crippen molar-refractivity contribution < 1.29 is 18.1 Å². The largest absolute Gasteiger partial charge is 0.486 e. The van der Waals surface area contributed by atoms with Crippen molar-refractivity contribution in [3.63, 3.8) is 0 Å². The van der Waals surface area contributed by atoms with Crippen LogP contribution >= 0.6 is 15.9 Å². The average molecular weight is 381 g/mol. The second-order valence-electron chi connectivity index (χ2n) is 4.64. The highest BCUT2D eigenvalue weighted by molar-refractivity contribution is 9.10. The summed E-state index contributed by atoms with van der Waals surface area (Å²) in [6.07, 6.45) is 1.37. The molecule has 0 aromatic heterocycles. The van der Waals surface area contributed by atoms with E-state index in [0.717, 1.165) is 6.42 Å². The zero-order chi connectivity index (χ0) is 16.0. The predicted octanol–water partition coefficient (Wildman–Crippen LogP) is 2.44. The van der Waals surface area contributed by atoms with Crippen LogP contribution in [0.4, 0.5) is 5.69 Å². The maximum atomic E-state index is 11.2. The molecule has 0 heterocycles. The molecular weight excluding hydrogens is 364 g/mol. The standard InChI is InChI=1S/C12H17BrN2O5S/c1-2-4-9(8-21(14,18)19)7-20-12-10(13)5-3-6-11(12)15(16)17/h3,5-6,9H,2,4,7-8H2,1H3,(H2,14,18,19). The van der Waals surface area contributed by atoms with Crippen molar-refractivity contribution in [2.75, 3.05) is 12.4 Å². The van der Waals surface area contributed by atoms with Gasteiger partial charge < -0.3 is 4.74 Å². The number of ether oxygens (including phenoxy) is 1. The Bertz CT molecular complexity index is 606. The number of primary sulfonamides is 1. The lowest BCUT2D eigenvalue weighted by atomic mass is 10.1. The van der Waals surface area contributed by atoms with Crippen molar-refractivity contribution >= 4 is 31.6 Å². The number of rotatable bonds is 8. The number of nitrogens with zero attached hydrogens (tertiary/aromatic N) is 1. The molecule has 0 saturated heterocycles. The maximum Gasteiger partial charge on any atom is 0.312 e. The minimum atomic E-state index is -3.61. The van der Waals surface area contributed by atoms with E-state index in [4.69, 9.17) is 9.88 Å². The molecule has 0 saturated carbocycles. The first-order chi connectivity index (χ1) is 9.74. The Labute approximate surface area is 131 Å². The Balaban J connectivity index is 2.87. The smallest absolute Gasteiger partial charge is 0.312 e. The molecule has 1 unspecified atom stereocenters. The molecule has 0 aliphatic carbocycles. The molecule has 0 bridgehead atoms. The van der Waals surface area contributed by atoms with Gasteiger partial charge in [0, 0.05) is 12.0 Å². The van der Waals surface area contributed by atoms with E-state index in [9.17, 15) is 18.5 Å². The molecule has 0 aliphatic rings. The summed E-state index contributed by atoms with van der Waals surface area (Å²) in [7, 11) is -3.61. The van der Waals surface area contributed by atoms with Gasteiger partial charge in [-0.3, -0.25) is 10.1 Å². The monoisotopic (exact) mass is 380 g/mol. The molecule has 7 nitrogen and oxygen atoms in total. The van der Waals surface area contributed by atoms with Crippen LogP contribution in [0.2, 0.25) is 0 Å². The lowest BCUT2D eigenvalue weighted by molar-refractivity contribution is -0.386. The van der Waals surface area contributed by atoms with E-state index in [1.807, 2.05) is 6.92 Å². The zero-order valence-corrected chi connectivity index (χ0v) is 13.9. The van der Waals surface area contributed by atoms with Crippen molar-refractivity contribution in [1.82, 2.24) is 0 Å². The minimum Gasteiger partial charge on any atom is -0.486 e. The Hall–Kier alpha value is -1.19. The number of benzene rings is 1. The zero-order valence-electron chi connectivity index (χ0n) is 11.5. The molecule has 118 valence electrons. The number of nitrogens with two attached hydrogens (primary N) is 1. The Morgan fingerprint density at radius 3 is 2.67 bits per heavy atom. The quantitative estimate of drug-likeness (QED) is 0.549. The first-order valence-electron chi connectivity index (χ1n) is 6.30. The van der Waals surface area contributed by atoms with Gasteiger partial charge in [-0.1, -0.05) is 19.4 Å². The van der Waals surface area contributed by atoms with Gasteiger partial charge in [0.1, 0.15) is 0 Å². The number of nitro groups is 1. The normalized spacial score (nSPS) is 12.9. The molecule has 9 heteroatoms. The second kappa shape index (κ2) is 7.71. The summed E-state index contributed by atoms with van der Waals surface area (Å²) in [5.41, 5.74) is -0.171. The summed E-state index contributed by atoms with van der Waals surface area (Å²) in [5, 5.41) is 16.0. The van der Waals surface area contributed by atoms with Gasteiger partial charge in [0.05, 0.1) is 21.8 Å². The summed E-state index contributed by atoms with van der Waals surface area (Å²) in [5.74, 6) is -0.422. The van der Waals surface area contributed by atoms with E-state index in [2.05, 4.69) is 15.9 Å². The molecule has 1 aromatic carbocycles. The average Bonchev–Trinajstić information content (AvgIpc) is 2.35. The van der Waals surface area contributed by atoms with E-state index in [1.54, 1.807) is 6.07 Å². The Morgan fingerprint density at radius 2 is 2.14 bits per heavy atom. The van der Waals surface area contributed by atoms with Crippen molar-refractivity contribution in [3.8, 4) is 5.75 Å². The molecule has 1 aromatic rings. The molecule has 1 atom stereocenters. The third kappa shape index (κ3) is 5.98. The number of hydrogen-bond donors (Lipinski definition) is 1. The van der Waals surface area contributed by atoms with E-state index < -0.39 is 14.9 Å². The fraction of sp³-hybridized carbons (Fsp3) is 0.500. The molecule has 0 fully saturated rings. The summed E-state index contributed by atoms with van der Waals surface area (Å²) >= 11 is 3.19. The molecule has 2 N–H and O–H groups in total. The lowest BCUT2D eigenvalue weighted by Gasteiger charge is -2.16. The van der Waals surface area contributed by atoms with Crippen LogP contribution in [0.25, 0.3) is 0 Å². The molecule has 0 aliphatic heterocycles. The van der Waals surface area contributed by atoms with Gasteiger partial charge in [0.2, 0.25) is 15.8 Å². The third-order valence-corrected chi connectivity index (χ3v) is 4.33. The third-order valence-electron chi connectivity index (χ3n) is 2.77. The number of nitro benzene ring substituents is 1. The van der Waals surface area contributed by atoms with Gasteiger partial charge >= 0.3 is 5.69 Å². The fourth-order valence-corrected chi connectivity index (χ4v) is 3.33. The van der Waals surface area contributed by atoms with Crippen molar-refractivity contribution in [3.05, 3.63) is 32.8 Å². The highest BCUT2D eigenvalue weighted by Crippen LogP contribution is 2.35. The van der Waals surface area contributed by atoms with Crippen LogP contribution in [-0.2, 0) is 10.0 Å². The number of halogens is 1. The van der Waals surface area contributed by atoms with E-state index in [-0.39, 0.29) is 29.7 Å². The van der Waals surface area contributed by atoms with Gasteiger partial charge in [-0.25, -0.2) is 13.6 Å². The van der Waals surface area contributed by atoms with Crippen molar-refractivity contribution in [2.45, 2.75) is 19.8 Å². The highest BCUT2D eigenvalue weighted by atomic mass is 79.9. The molecular formula is C12H17BrN2O5S. The number of sulfonamides is 1. The van der Waals surface area contributed by atoms with Crippen molar-refractivity contribution in [1.29, 1.82) is 0 Å². The van der Waals surface area contributed by atoms with Crippen molar-refractivity contribution in [2.24, 2.45) is 11.1 Å². The van der Waals surface area contributed by atoms with Gasteiger partial charge in [0.15, 0.2) is 0 Å². The molecule has 0 radical (unpaired) electrons. The summed E-state index contributed by atoms with van der Waals surface area (Å²) in [6.45, 7) is 1.96. The summed E-state index contributed by atoms with van der Waals surface area (Å²) < 4.78 is 28.3.